The summed E-state index contributed by atoms with van der Waals surface area (Å²) in [5.74, 6) is 0.578. The molecule has 16 heavy (non-hydrogen) atoms. The van der Waals surface area contributed by atoms with Gasteiger partial charge < -0.3 is 15.8 Å². The van der Waals surface area contributed by atoms with Crippen molar-refractivity contribution in [2.75, 3.05) is 13.2 Å². The molecule has 0 aromatic carbocycles. The van der Waals surface area contributed by atoms with Gasteiger partial charge in [0.15, 0.2) is 0 Å². The smallest absolute Gasteiger partial charge is 0.220 e. The van der Waals surface area contributed by atoms with Gasteiger partial charge in [-0.3, -0.25) is 4.79 Å². The lowest BCUT2D eigenvalue weighted by atomic mass is 9.99. The lowest BCUT2D eigenvalue weighted by Crippen LogP contribution is -2.40. The van der Waals surface area contributed by atoms with Crippen molar-refractivity contribution in [3.63, 3.8) is 0 Å². The number of nitrogens with two attached hydrogens (primary N) is 1. The minimum absolute atomic E-state index is 0.175. The van der Waals surface area contributed by atoms with E-state index in [4.69, 9.17) is 10.5 Å². The number of rotatable bonds is 3. The summed E-state index contributed by atoms with van der Waals surface area (Å²) < 4.78 is 5.26. The average molecular weight is 226 g/mol. The number of carbonyl (C=O) groups excluding carboxylic acids is 1. The van der Waals surface area contributed by atoms with E-state index >= 15 is 0 Å². The molecular formula is C12H22N2O2. The predicted octanol–water partition coefficient (Wildman–Crippen LogP) is 0.799. The summed E-state index contributed by atoms with van der Waals surface area (Å²) in [6.45, 7) is 1.54. The van der Waals surface area contributed by atoms with E-state index in [1.165, 1.54) is 6.42 Å². The maximum absolute atomic E-state index is 11.8. The van der Waals surface area contributed by atoms with Gasteiger partial charge in [0.1, 0.15) is 0 Å². The second-order valence-electron chi connectivity index (χ2n) is 5.01. The molecule has 1 saturated heterocycles. The number of amides is 1. The summed E-state index contributed by atoms with van der Waals surface area (Å²) in [5, 5.41) is 3.09. The summed E-state index contributed by atoms with van der Waals surface area (Å²) >= 11 is 0. The molecule has 3 N–H and O–H groups in total. The van der Waals surface area contributed by atoms with E-state index in [0.29, 0.717) is 18.4 Å². The van der Waals surface area contributed by atoms with Crippen molar-refractivity contribution in [3.05, 3.63) is 0 Å². The molecule has 1 aliphatic carbocycles. The zero-order valence-electron chi connectivity index (χ0n) is 9.78. The van der Waals surface area contributed by atoms with Crippen LogP contribution in [0.25, 0.3) is 0 Å². The highest BCUT2D eigenvalue weighted by Crippen LogP contribution is 2.26. The Labute approximate surface area is 96.9 Å². The van der Waals surface area contributed by atoms with Gasteiger partial charge in [0, 0.05) is 31.7 Å². The molecule has 2 aliphatic rings. The van der Waals surface area contributed by atoms with Crippen LogP contribution in [-0.2, 0) is 9.53 Å². The topological polar surface area (TPSA) is 64.4 Å². The van der Waals surface area contributed by atoms with Gasteiger partial charge in [-0.1, -0.05) is 6.42 Å². The Morgan fingerprint density at radius 3 is 2.62 bits per heavy atom. The van der Waals surface area contributed by atoms with Crippen molar-refractivity contribution in [1.29, 1.82) is 0 Å². The Morgan fingerprint density at radius 1 is 1.25 bits per heavy atom. The predicted molar refractivity (Wildman–Crippen MR) is 61.9 cm³/mol. The maximum atomic E-state index is 11.8. The monoisotopic (exact) mass is 226 g/mol. The van der Waals surface area contributed by atoms with Gasteiger partial charge in [-0.2, -0.15) is 0 Å². The summed E-state index contributed by atoms with van der Waals surface area (Å²) in [5.41, 5.74) is 5.96. The molecule has 0 bridgehead atoms. The van der Waals surface area contributed by atoms with E-state index in [2.05, 4.69) is 5.32 Å². The molecule has 1 heterocycles. The van der Waals surface area contributed by atoms with Crippen molar-refractivity contribution in [3.8, 4) is 0 Å². The van der Waals surface area contributed by atoms with Crippen LogP contribution in [0.2, 0.25) is 0 Å². The molecule has 2 atom stereocenters. The Balaban J connectivity index is 1.70. The number of hydrogen-bond donors (Lipinski definition) is 2. The summed E-state index contributed by atoms with van der Waals surface area (Å²) in [6, 6.07) is 0.555. The first-order valence-corrected chi connectivity index (χ1v) is 6.38. The van der Waals surface area contributed by atoms with Crippen LogP contribution in [0.1, 0.15) is 38.5 Å². The quantitative estimate of drug-likeness (QED) is 0.748. The van der Waals surface area contributed by atoms with Crippen LogP contribution < -0.4 is 11.1 Å². The van der Waals surface area contributed by atoms with Crippen molar-refractivity contribution in [2.24, 2.45) is 11.7 Å². The number of ether oxygens (including phenoxy) is 1. The zero-order chi connectivity index (χ0) is 11.4. The standard InChI is InChI=1S/C12H22N2O2/c13-11-3-1-2-9(11)8-12(15)14-10-4-6-16-7-5-10/h9-11H,1-8,13H2,(H,14,15)/t9-,11+/m0/s1. The fourth-order valence-corrected chi connectivity index (χ4v) is 2.69. The van der Waals surface area contributed by atoms with Gasteiger partial charge in [0.05, 0.1) is 0 Å². The van der Waals surface area contributed by atoms with Gasteiger partial charge in [0.25, 0.3) is 0 Å². The number of hydrogen-bond acceptors (Lipinski definition) is 3. The molecule has 92 valence electrons. The van der Waals surface area contributed by atoms with Gasteiger partial charge >= 0.3 is 0 Å². The Bertz CT molecular complexity index is 239. The molecule has 0 unspecified atom stereocenters. The molecule has 4 nitrogen and oxygen atoms in total. The summed E-state index contributed by atoms with van der Waals surface area (Å²) in [6.07, 6.45) is 5.87. The van der Waals surface area contributed by atoms with E-state index in [0.717, 1.165) is 38.9 Å². The van der Waals surface area contributed by atoms with Crippen LogP contribution in [-0.4, -0.2) is 31.2 Å². The second kappa shape index (κ2) is 5.64. The third-order valence-electron chi connectivity index (χ3n) is 3.75. The fraction of sp³-hybridized carbons (Fsp3) is 0.917. The minimum atomic E-state index is 0.175. The highest BCUT2D eigenvalue weighted by molar-refractivity contribution is 5.76. The Kier molecular flexibility index (Phi) is 4.18. The molecule has 1 amide bonds. The normalized spacial score (nSPS) is 31.6. The molecule has 0 aromatic heterocycles. The van der Waals surface area contributed by atoms with Crippen molar-refractivity contribution in [2.45, 2.75) is 50.6 Å². The Hall–Kier alpha value is -0.610. The van der Waals surface area contributed by atoms with Crippen LogP contribution in [0.5, 0.6) is 0 Å². The molecule has 0 aromatic rings. The number of carbonyl (C=O) groups is 1. The molecule has 1 saturated carbocycles. The third-order valence-corrected chi connectivity index (χ3v) is 3.75. The van der Waals surface area contributed by atoms with Crippen molar-refractivity contribution < 1.29 is 9.53 Å². The van der Waals surface area contributed by atoms with Crippen LogP contribution in [0, 0.1) is 5.92 Å². The van der Waals surface area contributed by atoms with E-state index < -0.39 is 0 Å². The van der Waals surface area contributed by atoms with E-state index in [-0.39, 0.29) is 11.9 Å². The first-order valence-electron chi connectivity index (χ1n) is 6.38. The average Bonchev–Trinajstić information content (AvgIpc) is 2.66. The molecule has 1 aliphatic heterocycles. The molecule has 2 fully saturated rings. The van der Waals surface area contributed by atoms with E-state index in [1.54, 1.807) is 0 Å². The van der Waals surface area contributed by atoms with Gasteiger partial charge in [0.2, 0.25) is 5.91 Å². The highest BCUT2D eigenvalue weighted by Gasteiger charge is 2.27. The SMILES string of the molecule is N[C@@H]1CCC[C@H]1CC(=O)NC1CCOCC1. The van der Waals surface area contributed by atoms with Crippen molar-refractivity contribution in [1.82, 2.24) is 5.32 Å². The van der Waals surface area contributed by atoms with Gasteiger partial charge in [-0.25, -0.2) is 0 Å². The lowest BCUT2D eigenvalue weighted by Gasteiger charge is -2.24. The summed E-state index contributed by atoms with van der Waals surface area (Å²) in [4.78, 5) is 11.8. The molecular weight excluding hydrogens is 204 g/mol. The zero-order valence-corrected chi connectivity index (χ0v) is 9.78. The fourth-order valence-electron chi connectivity index (χ4n) is 2.69. The largest absolute Gasteiger partial charge is 0.381 e. The van der Waals surface area contributed by atoms with E-state index in [1.807, 2.05) is 0 Å². The minimum Gasteiger partial charge on any atom is -0.381 e. The maximum Gasteiger partial charge on any atom is 0.220 e. The van der Waals surface area contributed by atoms with Crippen LogP contribution in [0.4, 0.5) is 0 Å². The van der Waals surface area contributed by atoms with Crippen LogP contribution >= 0.6 is 0 Å². The molecule has 2 rings (SSSR count). The van der Waals surface area contributed by atoms with Crippen LogP contribution in [0.15, 0.2) is 0 Å². The lowest BCUT2D eigenvalue weighted by molar-refractivity contribution is -0.123. The van der Waals surface area contributed by atoms with E-state index in [9.17, 15) is 4.79 Å². The Morgan fingerprint density at radius 2 is 2.00 bits per heavy atom. The molecule has 0 spiro atoms. The molecule has 4 heteroatoms. The van der Waals surface area contributed by atoms with Gasteiger partial charge in [-0.15, -0.1) is 0 Å². The first kappa shape index (κ1) is 11.9. The van der Waals surface area contributed by atoms with Gasteiger partial charge in [-0.05, 0) is 31.6 Å². The molecule has 0 radical (unpaired) electrons. The van der Waals surface area contributed by atoms with Crippen LogP contribution in [0.3, 0.4) is 0 Å². The van der Waals surface area contributed by atoms with Crippen molar-refractivity contribution >= 4 is 5.91 Å². The first-order chi connectivity index (χ1) is 7.75. The second-order valence-corrected chi connectivity index (χ2v) is 5.01. The number of nitrogens with one attached hydrogen (secondary N) is 1. The summed E-state index contributed by atoms with van der Waals surface area (Å²) in [7, 11) is 0. The highest BCUT2D eigenvalue weighted by atomic mass is 16.5. The third kappa shape index (κ3) is 3.19.